The molecule has 1 heterocycles. The number of anilines is 1. The maximum Gasteiger partial charge on any atom is 0.262 e. The molecular weight excluding hydrogens is 559 g/mol. The minimum atomic E-state index is -0.248. The topological polar surface area (TPSA) is 64.4 Å². The Morgan fingerprint density at radius 2 is 2.00 bits per heavy atom. The van der Waals surface area contributed by atoms with Gasteiger partial charge in [-0.3, -0.25) is 4.79 Å². The lowest BCUT2D eigenvalue weighted by Crippen LogP contribution is -2.20. The lowest BCUT2D eigenvalue weighted by atomic mass is 10.1. The highest BCUT2D eigenvalue weighted by molar-refractivity contribution is 14.1. The largest absolute Gasteiger partial charge is 0.482 e. The third-order valence-corrected chi connectivity index (χ3v) is 5.72. The molecule has 0 bridgehead atoms. The van der Waals surface area contributed by atoms with Crippen molar-refractivity contribution in [3.05, 3.63) is 73.8 Å². The number of fused-ring (bicyclic) bond motifs is 1. The molecule has 0 atom stereocenters. The van der Waals surface area contributed by atoms with Gasteiger partial charge in [0.15, 0.2) is 12.2 Å². The summed E-state index contributed by atoms with van der Waals surface area (Å²) >= 11 is 5.75. The minimum absolute atomic E-state index is 0.0902. The molecule has 0 saturated heterocycles. The number of nitrogens with one attached hydrogen (secondary N) is 1. The number of nitrogens with zero attached hydrogens (tertiary/aromatic N) is 1. The van der Waals surface area contributed by atoms with Gasteiger partial charge in [0.2, 0.25) is 5.89 Å². The third-order valence-electron chi connectivity index (χ3n) is 4.46. The van der Waals surface area contributed by atoms with Crippen molar-refractivity contribution in [3.63, 3.8) is 0 Å². The summed E-state index contributed by atoms with van der Waals surface area (Å²) in [5.74, 6) is 0.974. The number of halogens is 2. The van der Waals surface area contributed by atoms with Gasteiger partial charge in [-0.15, -0.1) is 0 Å². The molecule has 3 aromatic carbocycles. The zero-order valence-corrected chi connectivity index (χ0v) is 20.1. The molecule has 7 heteroatoms. The summed E-state index contributed by atoms with van der Waals surface area (Å²) in [5.41, 5.74) is 5.00. The molecule has 0 fully saturated rings. The summed E-state index contributed by atoms with van der Waals surface area (Å²) in [6.07, 6.45) is 0. The highest BCUT2D eigenvalue weighted by Gasteiger charge is 2.12. The van der Waals surface area contributed by atoms with Crippen molar-refractivity contribution in [2.75, 3.05) is 11.9 Å². The maximum absolute atomic E-state index is 12.4. The van der Waals surface area contributed by atoms with Gasteiger partial charge in [0.05, 0.1) is 4.47 Å². The Kier molecular flexibility index (Phi) is 6.10. The maximum atomic E-state index is 12.4. The normalized spacial score (nSPS) is 10.9. The molecule has 30 heavy (non-hydrogen) atoms. The first-order chi connectivity index (χ1) is 14.4. The Hall–Kier alpha value is -2.39. The molecule has 0 radical (unpaired) electrons. The second kappa shape index (κ2) is 8.77. The van der Waals surface area contributed by atoms with E-state index in [2.05, 4.69) is 48.8 Å². The van der Waals surface area contributed by atoms with E-state index in [1.165, 1.54) is 0 Å². The Morgan fingerprint density at radius 1 is 1.17 bits per heavy atom. The number of rotatable bonds is 5. The van der Waals surface area contributed by atoms with E-state index in [9.17, 15) is 4.79 Å². The fraction of sp³-hybridized carbons (Fsp3) is 0.130. The predicted octanol–water partition coefficient (Wildman–Crippen LogP) is 6.50. The standard InChI is InChI=1S/C23H18BrIN2O3/c1-13-8-14(2)22(18(24)9-13)29-12-21(28)26-17-6-7-20-19(11-17)27-23(30-20)15-4-3-5-16(25)10-15/h3-11H,12H2,1-2H3,(H,26,28). The van der Waals surface area contributed by atoms with Crippen LogP contribution >= 0.6 is 38.5 Å². The van der Waals surface area contributed by atoms with Crippen molar-refractivity contribution < 1.29 is 13.9 Å². The Labute approximate surface area is 196 Å². The summed E-state index contributed by atoms with van der Waals surface area (Å²) in [7, 11) is 0. The van der Waals surface area contributed by atoms with Crippen LogP contribution < -0.4 is 10.1 Å². The molecule has 1 aromatic heterocycles. The van der Waals surface area contributed by atoms with Gasteiger partial charge in [-0.05, 0) is 106 Å². The van der Waals surface area contributed by atoms with Gasteiger partial charge < -0.3 is 14.5 Å². The van der Waals surface area contributed by atoms with Gasteiger partial charge in [-0.1, -0.05) is 12.1 Å². The van der Waals surface area contributed by atoms with Crippen molar-refractivity contribution >= 4 is 61.2 Å². The fourth-order valence-corrected chi connectivity index (χ4v) is 4.50. The zero-order chi connectivity index (χ0) is 21.3. The van der Waals surface area contributed by atoms with E-state index >= 15 is 0 Å². The average Bonchev–Trinajstić information content (AvgIpc) is 3.10. The summed E-state index contributed by atoms with van der Waals surface area (Å²) in [6, 6.07) is 17.3. The molecule has 152 valence electrons. The lowest BCUT2D eigenvalue weighted by Gasteiger charge is -2.12. The number of amides is 1. The monoisotopic (exact) mass is 576 g/mol. The van der Waals surface area contributed by atoms with Crippen LogP contribution in [0, 0.1) is 17.4 Å². The van der Waals surface area contributed by atoms with Crippen molar-refractivity contribution in [1.29, 1.82) is 0 Å². The SMILES string of the molecule is Cc1cc(C)c(OCC(=O)Nc2ccc3oc(-c4cccc(I)c4)nc3c2)c(Br)c1. The first-order valence-corrected chi connectivity index (χ1v) is 11.1. The van der Waals surface area contributed by atoms with Crippen molar-refractivity contribution in [1.82, 2.24) is 4.98 Å². The van der Waals surface area contributed by atoms with E-state index in [0.29, 0.717) is 28.4 Å². The average molecular weight is 577 g/mol. The predicted molar refractivity (Wildman–Crippen MR) is 130 cm³/mol. The number of hydrogen-bond acceptors (Lipinski definition) is 4. The first-order valence-electron chi connectivity index (χ1n) is 9.25. The van der Waals surface area contributed by atoms with Gasteiger partial charge in [0.25, 0.3) is 5.91 Å². The van der Waals surface area contributed by atoms with Crippen LogP contribution in [0.4, 0.5) is 5.69 Å². The third kappa shape index (κ3) is 4.67. The number of carbonyl (C=O) groups excluding carboxylic acids is 1. The molecule has 1 N–H and O–H groups in total. The molecule has 4 rings (SSSR count). The van der Waals surface area contributed by atoms with Crippen LogP contribution in [0.2, 0.25) is 0 Å². The van der Waals surface area contributed by atoms with Crippen LogP contribution in [0.15, 0.2) is 63.5 Å². The number of ether oxygens (including phenoxy) is 1. The van der Waals surface area contributed by atoms with E-state index < -0.39 is 0 Å². The molecule has 1 amide bonds. The molecule has 0 unspecified atom stereocenters. The number of aryl methyl sites for hydroxylation is 2. The molecule has 0 aliphatic carbocycles. The van der Waals surface area contributed by atoms with Crippen LogP contribution in [0.5, 0.6) is 5.75 Å². The zero-order valence-electron chi connectivity index (χ0n) is 16.3. The highest BCUT2D eigenvalue weighted by Crippen LogP contribution is 2.30. The Balaban J connectivity index is 1.47. The van der Waals surface area contributed by atoms with Crippen molar-refractivity contribution in [3.8, 4) is 17.2 Å². The molecule has 0 spiro atoms. The summed E-state index contributed by atoms with van der Waals surface area (Å²) in [5, 5.41) is 2.85. The Bertz CT molecular complexity index is 1230. The van der Waals surface area contributed by atoms with Crippen LogP contribution in [0.1, 0.15) is 11.1 Å². The lowest BCUT2D eigenvalue weighted by molar-refractivity contribution is -0.118. The molecule has 0 aliphatic heterocycles. The second-order valence-corrected chi connectivity index (χ2v) is 9.04. The van der Waals surface area contributed by atoms with E-state index in [1.54, 1.807) is 18.2 Å². The van der Waals surface area contributed by atoms with Gasteiger partial charge in [-0.25, -0.2) is 4.98 Å². The molecule has 5 nitrogen and oxygen atoms in total. The summed E-state index contributed by atoms with van der Waals surface area (Å²) in [6.45, 7) is 3.88. The van der Waals surface area contributed by atoms with Crippen LogP contribution in [-0.4, -0.2) is 17.5 Å². The number of oxazole rings is 1. The molecule has 0 aliphatic rings. The van der Waals surface area contributed by atoms with E-state index in [-0.39, 0.29) is 12.5 Å². The van der Waals surface area contributed by atoms with Gasteiger partial charge in [0, 0.05) is 14.8 Å². The highest BCUT2D eigenvalue weighted by atomic mass is 127. The van der Waals surface area contributed by atoms with E-state index in [0.717, 1.165) is 24.7 Å². The molecule has 4 aromatic rings. The second-order valence-electron chi connectivity index (χ2n) is 6.94. The van der Waals surface area contributed by atoms with Gasteiger partial charge >= 0.3 is 0 Å². The number of hydrogen-bond donors (Lipinski definition) is 1. The number of benzene rings is 3. The van der Waals surface area contributed by atoms with E-state index in [4.69, 9.17) is 9.15 Å². The minimum Gasteiger partial charge on any atom is -0.482 e. The first kappa shape index (κ1) is 20.9. The smallest absolute Gasteiger partial charge is 0.262 e. The van der Waals surface area contributed by atoms with Crippen LogP contribution in [0.3, 0.4) is 0 Å². The van der Waals surface area contributed by atoms with Crippen LogP contribution in [0.25, 0.3) is 22.6 Å². The number of carbonyl (C=O) groups is 1. The van der Waals surface area contributed by atoms with Gasteiger partial charge in [-0.2, -0.15) is 0 Å². The van der Waals surface area contributed by atoms with E-state index in [1.807, 2.05) is 50.2 Å². The van der Waals surface area contributed by atoms with Crippen molar-refractivity contribution in [2.45, 2.75) is 13.8 Å². The number of aromatic nitrogens is 1. The van der Waals surface area contributed by atoms with Crippen LogP contribution in [-0.2, 0) is 4.79 Å². The molecule has 0 saturated carbocycles. The molecular formula is C23H18BrIN2O3. The Morgan fingerprint density at radius 3 is 2.77 bits per heavy atom. The summed E-state index contributed by atoms with van der Waals surface area (Å²) < 4.78 is 13.5. The fourth-order valence-electron chi connectivity index (χ4n) is 3.17. The van der Waals surface area contributed by atoms with Gasteiger partial charge in [0.1, 0.15) is 11.3 Å². The quantitative estimate of drug-likeness (QED) is 0.276. The summed E-state index contributed by atoms with van der Waals surface area (Å²) in [4.78, 5) is 16.9. The van der Waals surface area contributed by atoms with Crippen molar-refractivity contribution in [2.24, 2.45) is 0 Å².